The first kappa shape index (κ1) is 32.7. The zero-order valence-corrected chi connectivity index (χ0v) is 23.6. The van der Waals surface area contributed by atoms with Crippen LogP contribution in [0.25, 0.3) is 0 Å². The molecule has 0 spiro atoms. The van der Waals surface area contributed by atoms with Crippen molar-refractivity contribution in [2.45, 2.75) is 147 Å². The molecule has 2 unspecified atom stereocenters. The molecule has 0 radical (unpaired) electrons. The summed E-state index contributed by atoms with van der Waals surface area (Å²) in [5.41, 5.74) is 0. The van der Waals surface area contributed by atoms with Crippen molar-refractivity contribution in [2.75, 3.05) is 0 Å². The van der Waals surface area contributed by atoms with Gasteiger partial charge in [-0.3, -0.25) is 0 Å². The smallest absolute Gasteiger partial charge is 0.748 e. The van der Waals surface area contributed by atoms with Crippen LogP contribution in [0.1, 0.15) is 136 Å². The van der Waals surface area contributed by atoms with Gasteiger partial charge in [0.2, 0.25) is 0 Å². The van der Waals surface area contributed by atoms with E-state index in [9.17, 15) is 18.1 Å². The van der Waals surface area contributed by atoms with Crippen LogP contribution < -0.4 is 51.4 Å². The molecule has 0 saturated carbocycles. The first-order valence-corrected chi connectivity index (χ1v) is 13.5. The van der Waals surface area contributed by atoms with Crippen molar-refractivity contribution in [1.29, 1.82) is 0 Å². The van der Waals surface area contributed by atoms with E-state index in [1.807, 2.05) is 0 Å². The fraction of sp³-hybridized carbons (Fsp3) is 1.00. The molecule has 0 rings (SSSR count). The monoisotopic (exact) mass is 458 g/mol. The standard InChI is InChI=1S/C23H48O4S.K/c1-3-5-7-9-11-12-14-16-20-23(28(25,26)27)21-17-19-22(24)18-15-13-10-8-6-4-2;/h22-24H,3-21H2,1-2H3,(H,25,26,27);/q;+1/p-1. The van der Waals surface area contributed by atoms with Crippen LogP contribution in [0.15, 0.2) is 0 Å². The number of hydrogen-bond donors (Lipinski definition) is 1. The van der Waals surface area contributed by atoms with Gasteiger partial charge in [-0.05, 0) is 32.1 Å². The fourth-order valence-corrected chi connectivity index (χ4v) is 4.74. The average molecular weight is 459 g/mol. The number of aliphatic hydroxyl groups is 1. The number of aliphatic hydroxyl groups excluding tert-OH is 1. The van der Waals surface area contributed by atoms with Gasteiger partial charge in [-0.1, -0.05) is 104 Å². The molecule has 0 aromatic carbocycles. The third-order valence-electron chi connectivity index (χ3n) is 5.74. The SMILES string of the molecule is CCCCCCCCCCC(CCCC(O)CCCCCCCC)S(=O)(=O)[O-].[K+]. The van der Waals surface area contributed by atoms with Gasteiger partial charge in [0.25, 0.3) is 0 Å². The summed E-state index contributed by atoms with van der Waals surface area (Å²) in [6.07, 6.45) is 19.0. The topological polar surface area (TPSA) is 77.4 Å². The quantitative estimate of drug-likeness (QED) is 0.162. The number of hydrogen-bond acceptors (Lipinski definition) is 4. The van der Waals surface area contributed by atoms with Gasteiger partial charge in [0.15, 0.2) is 0 Å². The van der Waals surface area contributed by atoms with Gasteiger partial charge in [0, 0.05) is 5.25 Å². The van der Waals surface area contributed by atoms with Crippen LogP contribution in [0, 0.1) is 0 Å². The minimum Gasteiger partial charge on any atom is -0.748 e. The minimum absolute atomic E-state index is 0. The second kappa shape index (κ2) is 22.7. The zero-order chi connectivity index (χ0) is 21.1. The van der Waals surface area contributed by atoms with E-state index >= 15 is 0 Å². The Hall–Kier alpha value is 1.51. The van der Waals surface area contributed by atoms with Crippen molar-refractivity contribution >= 4 is 10.1 Å². The molecule has 6 heteroatoms. The maximum absolute atomic E-state index is 11.5. The van der Waals surface area contributed by atoms with Crippen molar-refractivity contribution in [1.82, 2.24) is 0 Å². The number of rotatable bonds is 21. The van der Waals surface area contributed by atoms with E-state index in [1.54, 1.807) is 0 Å². The molecule has 0 aromatic rings. The summed E-state index contributed by atoms with van der Waals surface area (Å²) in [5, 5.41) is 9.31. The van der Waals surface area contributed by atoms with Gasteiger partial charge >= 0.3 is 51.4 Å². The van der Waals surface area contributed by atoms with Gasteiger partial charge < -0.3 is 9.66 Å². The van der Waals surface area contributed by atoms with Gasteiger partial charge in [-0.2, -0.15) is 0 Å². The van der Waals surface area contributed by atoms with Crippen LogP contribution in [0.5, 0.6) is 0 Å². The minimum atomic E-state index is -4.23. The maximum Gasteiger partial charge on any atom is 1.00 e. The van der Waals surface area contributed by atoms with Crippen LogP contribution in [0.3, 0.4) is 0 Å². The Kier molecular flexibility index (Phi) is 25.6. The Balaban J connectivity index is 0. The first-order valence-electron chi connectivity index (χ1n) is 12.0. The molecule has 0 saturated heterocycles. The second-order valence-electron chi connectivity index (χ2n) is 8.52. The van der Waals surface area contributed by atoms with Crippen molar-refractivity contribution in [2.24, 2.45) is 0 Å². The molecule has 0 aliphatic carbocycles. The van der Waals surface area contributed by atoms with E-state index in [1.165, 1.54) is 57.8 Å². The van der Waals surface area contributed by atoms with E-state index in [0.29, 0.717) is 25.7 Å². The Bertz CT molecular complexity index is 429. The largest absolute Gasteiger partial charge is 1.00 e. The van der Waals surface area contributed by atoms with Crippen LogP contribution in [0.4, 0.5) is 0 Å². The van der Waals surface area contributed by atoms with Crippen LogP contribution in [0.2, 0.25) is 0 Å². The molecular formula is C23H47KO4S. The summed E-state index contributed by atoms with van der Waals surface area (Å²) >= 11 is 0. The van der Waals surface area contributed by atoms with E-state index in [-0.39, 0.29) is 57.5 Å². The molecule has 0 bridgehead atoms. The summed E-state index contributed by atoms with van der Waals surface area (Å²) in [6, 6.07) is 0. The van der Waals surface area contributed by atoms with Crippen molar-refractivity contribution < 1.29 is 69.5 Å². The summed E-state index contributed by atoms with van der Waals surface area (Å²) in [5.74, 6) is 0. The summed E-state index contributed by atoms with van der Waals surface area (Å²) < 4.78 is 34.6. The zero-order valence-electron chi connectivity index (χ0n) is 19.7. The molecule has 0 fully saturated rings. The van der Waals surface area contributed by atoms with E-state index < -0.39 is 15.4 Å². The third kappa shape index (κ3) is 22.5. The van der Waals surface area contributed by atoms with E-state index in [2.05, 4.69) is 13.8 Å². The van der Waals surface area contributed by atoms with Crippen LogP contribution >= 0.6 is 0 Å². The average Bonchev–Trinajstić information content (AvgIpc) is 2.64. The van der Waals surface area contributed by atoms with Gasteiger partial charge in [0.05, 0.1) is 16.2 Å². The molecule has 0 aliphatic rings. The van der Waals surface area contributed by atoms with E-state index in [0.717, 1.165) is 38.5 Å². The Morgan fingerprint density at radius 2 is 0.966 bits per heavy atom. The molecule has 4 nitrogen and oxygen atoms in total. The molecule has 1 N–H and O–H groups in total. The molecule has 0 aliphatic heterocycles. The summed E-state index contributed by atoms with van der Waals surface area (Å²) in [7, 11) is -4.23. The van der Waals surface area contributed by atoms with Gasteiger partial charge in [-0.15, -0.1) is 0 Å². The predicted octanol–water partition coefficient (Wildman–Crippen LogP) is 3.72. The van der Waals surface area contributed by atoms with Gasteiger partial charge in [-0.25, -0.2) is 8.42 Å². The Morgan fingerprint density at radius 1 is 0.621 bits per heavy atom. The molecule has 170 valence electrons. The molecule has 0 amide bonds. The third-order valence-corrected chi connectivity index (χ3v) is 7.03. The normalized spacial score (nSPS) is 13.8. The Morgan fingerprint density at radius 3 is 1.41 bits per heavy atom. The Labute approximate surface area is 224 Å². The van der Waals surface area contributed by atoms with Gasteiger partial charge in [0.1, 0.15) is 0 Å². The van der Waals surface area contributed by atoms with Crippen molar-refractivity contribution in [3.8, 4) is 0 Å². The molecule has 0 aromatic heterocycles. The number of unbranched alkanes of at least 4 members (excludes halogenated alkanes) is 12. The maximum atomic E-state index is 11.5. The van der Waals surface area contributed by atoms with Crippen LogP contribution in [-0.2, 0) is 10.1 Å². The molecule has 2 atom stereocenters. The molecular weight excluding hydrogens is 411 g/mol. The van der Waals surface area contributed by atoms with Crippen molar-refractivity contribution in [3.63, 3.8) is 0 Å². The predicted molar refractivity (Wildman–Crippen MR) is 119 cm³/mol. The summed E-state index contributed by atoms with van der Waals surface area (Å²) in [4.78, 5) is 0. The molecule has 29 heavy (non-hydrogen) atoms. The van der Waals surface area contributed by atoms with Crippen molar-refractivity contribution in [3.05, 3.63) is 0 Å². The second-order valence-corrected chi connectivity index (χ2v) is 10.2. The molecule has 0 heterocycles. The summed E-state index contributed by atoms with van der Waals surface area (Å²) in [6.45, 7) is 4.41. The first-order chi connectivity index (χ1) is 13.4. The van der Waals surface area contributed by atoms with E-state index in [4.69, 9.17) is 0 Å². The van der Waals surface area contributed by atoms with Crippen LogP contribution in [-0.4, -0.2) is 29.4 Å². The fourth-order valence-electron chi connectivity index (χ4n) is 3.82.